The molecule has 1 heterocycles. The van der Waals surface area contributed by atoms with E-state index >= 15 is 0 Å². The fourth-order valence-electron chi connectivity index (χ4n) is 3.87. The number of amides is 1. The van der Waals surface area contributed by atoms with Gasteiger partial charge in [-0.25, -0.2) is 13.2 Å². The van der Waals surface area contributed by atoms with Gasteiger partial charge in [-0.15, -0.1) is 0 Å². The van der Waals surface area contributed by atoms with Gasteiger partial charge in [0.1, 0.15) is 17.2 Å². The molecule has 0 saturated carbocycles. The van der Waals surface area contributed by atoms with Crippen LogP contribution >= 0.6 is 0 Å². The Morgan fingerprint density at radius 2 is 1.74 bits per heavy atom. The topological polar surface area (TPSA) is 135 Å². The van der Waals surface area contributed by atoms with Crippen LogP contribution in [0, 0.1) is 6.92 Å². The number of furan rings is 1. The lowest BCUT2D eigenvalue weighted by atomic mass is 10.1. The standard InChI is InChI=1S/C28H28N2O7S/c1-19-7-6-9-23(28(32)33)26(19)30-18-38(34,35)22-13-11-21(12-14-22)36-16-5-4-15-29-27(31)25-17-20-8-2-3-10-24(20)37-25/h2-3,6-14,17,30H,4-5,15-16,18H2,1H3,(H,29,31)(H,32,33). The molecule has 198 valence electrons. The maximum Gasteiger partial charge on any atom is 0.337 e. The first-order valence-electron chi connectivity index (χ1n) is 12.0. The number of para-hydroxylation sites is 2. The largest absolute Gasteiger partial charge is 0.494 e. The number of fused-ring (bicyclic) bond motifs is 1. The number of anilines is 1. The lowest BCUT2D eigenvalue weighted by Crippen LogP contribution is -2.24. The molecule has 3 aromatic carbocycles. The number of sulfone groups is 1. The van der Waals surface area contributed by atoms with E-state index < -0.39 is 21.7 Å². The predicted octanol–water partition coefficient (Wildman–Crippen LogP) is 4.87. The summed E-state index contributed by atoms with van der Waals surface area (Å²) < 4.78 is 36.8. The second kappa shape index (κ2) is 11.8. The van der Waals surface area contributed by atoms with Crippen LogP contribution in [-0.2, 0) is 9.84 Å². The van der Waals surface area contributed by atoms with Crippen molar-refractivity contribution in [3.63, 3.8) is 0 Å². The van der Waals surface area contributed by atoms with E-state index in [1.165, 1.54) is 18.2 Å². The molecule has 1 amide bonds. The number of hydrogen-bond acceptors (Lipinski definition) is 7. The molecule has 0 radical (unpaired) electrons. The number of carbonyl (C=O) groups excluding carboxylic acids is 1. The fourth-order valence-corrected chi connectivity index (χ4v) is 4.93. The molecule has 4 rings (SSSR count). The Morgan fingerprint density at radius 1 is 0.974 bits per heavy atom. The quantitative estimate of drug-likeness (QED) is 0.218. The summed E-state index contributed by atoms with van der Waals surface area (Å²) in [6, 6.07) is 19.9. The molecule has 0 bridgehead atoms. The van der Waals surface area contributed by atoms with Crippen LogP contribution in [0.25, 0.3) is 11.0 Å². The van der Waals surface area contributed by atoms with Crippen LogP contribution in [0.1, 0.15) is 39.3 Å². The minimum Gasteiger partial charge on any atom is -0.494 e. The van der Waals surface area contributed by atoms with Crippen molar-refractivity contribution in [1.82, 2.24) is 5.32 Å². The third kappa shape index (κ3) is 6.51. The van der Waals surface area contributed by atoms with Crippen molar-refractivity contribution in [3.05, 3.63) is 89.7 Å². The molecule has 4 aromatic rings. The van der Waals surface area contributed by atoms with Crippen molar-refractivity contribution < 1.29 is 32.3 Å². The third-order valence-corrected chi connectivity index (χ3v) is 7.41. The van der Waals surface area contributed by atoms with Gasteiger partial charge in [-0.1, -0.05) is 30.3 Å². The Kier molecular flexibility index (Phi) is 8.32. The van der Waals surface area contributed by atoms with Crippen molar-refractivity contribution in [2.45, 2.75) is 24.7 Å². The summed E-state index contributed by atoms with van der Waals surface area (Å²) in [5.41, 5.74) is 1.59. The molecule has 1 aromatic heterocycles. The second-order valence-corrected chi connectivity index (χ2v) is 10.7. The van der Waals surface area contributed by atoms with Gasteiger partial charge in [-0.3, -0.25) is 4.79 Å². The number of unbranched alkanes of at least 4 members (excludes halogenated alkanes) is 1. The van der Waals surface area contributed by atoms with Crippen LogP contribution in [0.3, 0.4) is 0 Å². The molecular formula is C28H28N2O7S. The molecule has 0 spiro atoms. The highest BCUT2D eigenvalue weighted by Crippen LogP contribution is 2.23. The molecular weight excluding hydrogens is 508 g/mol. The minimum atomic E-state index is -3.71. The van der Waals surface area contributed by atoms with Crippen LogP contribution in [0.4, 0.5) is 5.69 Å². The Balaban J connectivity index is 1.21. The molecule has 9 nitrogen and oxygen atoms in total. The maximum atomic E-state index is 12.8. The van der Waals surface area contributed by atoms with Gasteiger partial charge in [0.25, 0.3) is 5.91 Å². The van der Waals surface area contributed by atoms with Crippen molar-refractivity contribution in [2.75, 3.05) is 24.3 Å². The number of rotatable bonds is 12. The highest BCUT2D eigenvalue weighted by atomic mass is 32.2. The molecule has 0 aliphatic heterocycles. The Labute approximate surface area is 220 Å². The zero-order valence-electron chi connectivity index (χ0n) is 20.8. The molecule has 38 heavy (non-hydrogen) atoms. The summed E-state index contributed by atoms with van der Waals surface area (Å²) in [6.45, 7) is 2.58. The number of aromatic carboxylic acids is 1. The predicted molar refractivity (Wildman–Crippen MR) is 144 cm³/mol. The van der Waals surface area contributed by atoms with E-state index in [4.69, 9.17) is 9.15 Å². The zero-order valence-corrected chi connectivity index (χ0v) is 21.6. The molecule has 0 fully saturated rings. The first-order chi connectivity index (χ1) is 18.2. The van der Waals surface area contributed by atoms with Crippen molar-refractivity contribution >= 4 is 38.4 Å². The van der Waals surface area contributed by atoms with E-state index in [1.807, 2.05) is 24.3 Å². The molecule has 0 aliphatic rings. The minimum absolute atomic E-state index is 0.0121. The maximum absolute atomic E-state index is 12.8. The van der Waals surface area contributed by atoms with Crippen LogP contribution in [0.15, 0.2) is 82.1 Å². The van der Waals surface area contributed by atoms with Crippen LogP contribution < -0.4 is 15.4 Å². The summed E-state index contributed by atoms with van der Waals surface area (Å²) in [5.74, 6) is -1.05. The summed E-state index contributed by atoms with van der Waals surface area (Å²) in [7, 11) is -3.71. The van der Waals surface area contributed by atoms with E-state index in [2.05, 4.69) is 10.6 Å². The van der Waals surface area contributed by atoms with Gasteiger partial charge >= 0.3 is 5.97 Å². The lowest BCUT2D eigenvalue weighted by molar-refractivity contribution is 0.0697. The van der Waals surface area contributed by atoms with Gasteiger partial charge < -0.3 is 24.9 Å². The summed E-state index contributed by atoms with van der Waals surface area (Å²) in [6.07, 6.45) is 1.38. The molecule has 0 unspecified atom stereocenters. The molecule has 0 aliphatic carbocycles. The average Bonchev–Trinajstić information content (AvgIpc) is 3.34. The molecule has 10 heteroatoms. The summed E-state index contributed by atoms with van der Waals surface area (Å²) >= 11 is 0. The van der Waals surface area contributed by atoms with Gasteiger partial charge in [0.15, 0.2) is 15.6 Å². The van der Waals surface area contributed by atoms with Crippen LogP contribution in [0.2, 0.25) is 0 Å². The normalized spacial score (nSPS) is 11.3. The zero-order chi connectivity index (χ0) is 27.1. The molecule has 0 saturated heterocycles. The van der Waals surface area contributed by atoms with Gasteiger partial charge in [-0.05, 0) is 67.8 Å². The second-order valence-electron chi connectivity index (χ2n) is 8.67. The van der Waals surface area contributed by atoms with Gasteiger partial charge in [0.05, 0.1) is 22.8 Å². The summed E-state index contributed by atoms with van der Waals surface area (Å²) in [5, 5.41) is 15.8. The molecule has 3 N–H and O–H groups in total. The van der Waals surface area contributed by atoms with E-state index in [9.17, 15) is 23.1 Å². The van der Waals surface area contributed by atoms with Crippen molar-refractivity contribution in [3.8, 4) is 5.75 Å². The highest BCUT2D eigenvalue weighted by molar-refractivity contribution is 7.91. The lowest BCUT2D eigenvalue weighted by Gasteiger charge is -2.13. The van der Waals surface area contributed by atoms with Gasteiger partial charge in [0.2, 0.25) is 0 Å². The van der Waals surface area contributed by atoms with E-state index in [0.717, 1.165) is 5.39 Å². The number of carboxylic acid groups (broad SMARTS) is 1. The van der Waals surface area contributed by atoms with E-state index in [0.29, 0.717) is 42.9 Å². The monoisotopic (exact) mass is 536 g/mol. The first-order valence-corrected chi connectivity index (χ1v) is 13.7. The number of carboxylic acids is 1. The molecule has 0 atom stereocenters. The van der Waals surface area contributed by atoms with Crippen molar-refractivity contribution in [2.24, 2.45) is 0 Å². The Morgan fingerprint density at radius 3 is 2.47 bits per heavy atom. The Hall–Kier alpha value is -4.31. The number of benzene rings is 3. The van der Waals surface area contributed by atoms with Crippen LogP contribution in [0.5, 0.6) is 5.75 Å². The number of ether oxygens (including phenoxy) is 1. The van der Waals surface area contributed by atoms with Crippen LogP contribution in [-0.4, -0.2) is 44.4 Å². The highest BCUT2D eigenvalue weighted by Gasteiger charge is 2.18. The Bertz CT molecular complexity index is 1510. The first kappa shape index (κ1) is 26.7. The van der Waals surface area contributed by atoms with E-state index in [-0.39, 0.29) is 27.8 Å². The number of hydrogen-bond donors (Lipinski definition) is 3. The summed E-state index contributed by atoms with van der Waals surface area (Å²) in [4.78, 5) is 23.8. The number of carbonyl (C=O) groups is 2. The number of nitrogens with one attached hydrogen (secondary N) is 2. The smallest absolute Gasteiger partial charge is 0.337 e. The van der Waals surface area contributed by atoms with Crippen molar-refractivity contribution in [1.29, 1.82) is 0 Å². The number of aryl methyl sites for hydroxylation is 1. The SMILES string of the molecule is Cc1cccc(C(=O)O)c1NCS(=O)(=O)c1ccc(OCCCCNC(=O)c2cc3ccccc3o2)cc1. The van der Waals surface area contributed by atoms with Gasteiger partial charge in [-0.2, -0.15) is 0 Å². The fraction of sp³-hybridized carbons (Fsp3) is 0.214. The van der Waals surface area contributed by atoms with E-state index in [1.54, 1.807) is 37.3 Å². The van der Waals surface area contributed by atoms with Gasteiger partial charge in [0, 0.05) is 11.9 Å². The third-order valence-electron chi connectivity index (χ3n) is 5.90. The average molecular weight is 537 g/mol.